The summed E-state index contributed by atoms with van der Waals surface area (Å²) in [5.74, 6) is 0. The van der Waals surface area contributed by atoms with Gasteiger partial charge in [0.2, 0.25) is 0 Å². The summed E-state index contributed by atoms with van der Waals surface area (Å²) in [5, 5.41) is 3.17. The lowest BCUT2D eigenvalue weighted by atomic mass is 10.0. The van der Waals surface area contributed by atoms with E-state index in [1.54, 1.807) is 0 Å². The van der Waals surface area contributed by atoms with Crippen molar-refractivity contribution in [3.05, 3.63) is 12.7 Å². The Morgan fingerprint density at radius 3 is 2.25 bits per heavy atom. The van der Waals surface area contributed by atoms with Gasteiger partial charge in [0.25, 0.3) is 0 Å². The highest BCUT2D eigenvalue weighted by molar-refractivity contribution is 4.84. The van der Waals surface area contributed by atoms with Crippen molar-refractivity contribution in [3.63, 3.8) is 0 Å². The topological polar surface area (TPSA) is 12.0 Å². The van der Waals surface area contributed by atoms with Crippen molar-refractivity contribution in [3.8, 4) is 0 Å². The number of hydrogen-bond acceptors (Lipinski definition) is 1. The molecule has 8 heavy (non-hydrogen) atoms. The van der Waals surface area contributed by atoms with Gasteiger partial charge in [0.15, 0.2) is 0 Å². The molecule has 1 nitrogen and oxygen atoms in total. The fourth-order valence-electron chi connectivity index (χ4n) is 0.463. The minimum atomic E-state index is 0.224. The lowest BCUT2D eigenvalue weighted by molar-refractivity contribution is 0.430. The van der Waals surface area contributed by atoms with Crippen molar-refractivity contribution in [2.45, 2.75) is 25.8 Å². The van der Waals surface area contributed by atoms with Crippen LogP contribution < -0.4 is 5.32 Å². The second-order valence-electron chi connectivity index (χ2n) is 2.63. The predicted molar refractivity (Wildman–Crippen MR) is 38.0 cm³/mol. The predicted octanol–water partition coefficient (Wildman–Crippen LogP) is 1.56. The van der Waals surface area contributed by atoms with E-state index in [2.05, 4.69) is 25.7 Å². The molecule has 0 aliphatic rings. The number of rotatable bonds is 3. The molecule has 0 bridgehead atoms. The van der Waals surface area contributed by atoms with E-state index in [9.17, 15) is 0 Å². The number of nitrogens with one attached hydrogen (secondary N) is 1. The summed E-state index contributed by atoms with van der Waals surface area (Å²) in [6.45, 7) is 7.95. The molecule has 0 aromatic heterocycles. The van der Waals surface area contributed by atoms with Gasteiger partial charge < -0.3 is 5.32 Å². The van der Waals surface area contributed by atoms with E-state index in [-0.39, 0.29) is 5.54 Å². The van der Waals surface area contributed by atoms with E-state index in [4.69, 9.17) is 0 Å². The molecule has 0 atom stereocenters. The van der Waals surface area contributed by atoms with Crippen molar-refractivity contribution in [2.75, 3.05) is 7.05 Å². The van der Waals surface area contributed by atoms with Gasteiger partial charge in [-0.15, -0.1) is 6.58 Å². The molecule has 0 radical (unpaired) electrons. The van der Waals surface area contributed by atoms with Crippen molar-refractivity contribution in [2.24, 2.45) is 0 Å². The maximum Gasteiger partial charge on any atom is 0.0156 e. The van der Waals surface area contributed by atoms with E-state index in [1.165, 1.54) is 0 Å². The van der Waals surface area contributed by atoms with Gasteiger partial charge in [0, 0.05) is 5.54 Å². The molecule has 0 aromatic carbocycles. The van der Waals surface area contributed by atoms with Crippen LogP contribution in [0.2, 0.25) is 0 Å². The largest absolute Gasteiger partial charge is 0.315 e. The molecule has 0 heterocycles. The van der Waals surface area contributed by atoms with Gasteiger partial charge in [0.1, 0.15) is 0 Å². The highest BCUT2D eigenvalue weighted by Gasteiger charge is 2.10. The van der Waals surface area contributed by atoms with E-state index in [1.807, 2.05) is 13.1 Å². The van der Waals surface area contributed by atoms with E-state index < -0.39 is 0 Å². The molecule has 0 fully saturated rings. The van der Waals surface area contributed by atoms with Gasteiger partial charge >= 0.3 is 0 Å². The third-order valence-electron chi connectivity index (χ3n) is 1.33. The summed E-state index contributed by atoms with van der Waals surface area (Å²) < 4.78 is 0. The van der Waals surface area contributed by atoms with Crippen LogP contribution in [0.3, 0.4) is 0 Å². The monoisotopic (exact) mass is 113 g/mol. The van der Waals surface area contributed by atoms with Crippen LogP contribution in [0.5, 0.6) is 0 Å². The molecule has 0 rings (SSSR count). The lowest BCUT2D eigenvalue weighted by Crippen LogP contribution is -2.35. The normalized spacial score (nSPS) is 11.4. The molecule has 0 unspecified atom stereocenters. The van der Waals surface area contributed by atoms with Crippen LogP contribution in [-0.2, 0) is 0 Å². The zero-order valence-electron chi connectivity index (χ0n) is 5.99. The third-order valence-corrected chi connectivity index (χ3v) is 1.33. The molecule has 0 aromatic rings. The summed E-state index contributed by atoms with van der Waals surface area (Å²) in [5.41, 5.74) is 0.224. The van der Waals surface area contributed by atoms with Gasteiger partial charge in [-0.1, -0.05) is 6.08 Å². The van der Waals surface area contributed by atoms with Crippen LogP contribution in [0.1, 0.15) is 20.3 Å². The number of hydrogen-bond donors (Lipinski definition) is 1. The Labute approximate surface area is 51.8 Å². The zero-order chi connectivity index (χ0) is 6.62. The Hall–Kier alpha value is -0.300. The fourth-order valence-corrected chi connectivity index (χ4v) is 0.463. The standard InChI is InChI=1S/C7H15N/c1-5-6-7(2,3)8-4/h5,8H,1,6H2,2-4H3. The van der Waals surface area contributed by atoms with E-state index >= 15 is 0 Å². The molecule has 0 spiro atoms. The second kappa shape index (κ2) is 2.88. The highest BCUT2D eigenvalue weighted by Crippen LogP contribution is 2.05. The summed E-state index contributed by atoms with van der Waals surface area (Å²) in [7, 11) is 1.96. The molecule has 48 valence electrons. The molecule has 0 saturated carbocycles. The zero-order valence-corrected chi connectivity index (χ0v) is 5.99. The van der Waals surface area contributed by atoms with Gasteiger partial charge in [-0.3, -0.25) is 0 Å². The van der Waals surface area contributed by atoms with Crippen LogP contribution in [0.25, 0.3) is 0 Å². The summed E-state index contributed by atoms with van der Waals surface area (Å²) >= 11 is 0. The Balaban J connectivity index is 3.53. The molecule has 0 aliphatic heterocycles. The lowest BCUT2D eigenvalue weighted by Gasteiger charge is -2.21. The second-order valence-corrected chi connectivity index (χ2v) is 2.63. The first-order chi connectivity index (χ1) is 3.62. The van der Waals surface area contributed by atoms with Crippen LogP contribution in [0.15, 0.2) is 12.7 Å². The molecule has 0 saturated heterocycles. The average molecular weight is 113 g/mol. The third kappa shape index (κ3) is 2.80. The molecular weight excluding hydrogens is 98.1 g/mol. The quantitative estimate of drug-likeness (QED) is 0.548. The van der Waals surface area contributed by atoms with Crippen LogP contribution in [-0.4, -0.2) is 12.6 Å². The van der Waals surface area contributed by atoms with E-state index in [0.29, 0.717) is 0 Å². The van der Waals surface area contributed by atoms with Crippen molar-refractivity contribution < 1.29 is 0 Å². The summed E-state index contributed by atoms with van der Waals surface area (Å²) in [4.78, 5) is 0. The van der Waals surface area contributed by atoms with E-state index in [0.717, 1.165) is 6.42 Å². The SMILES string of the molecule is C=CCC(C)(C)NC. The minimum Gasteiger partial charge on any atom is -0.315 e. The average Bonchev–Trinajstić information content (AvgIpc) is 1.67. The highest BCUT2D eigenvalue weighted by atomic mass is 14.9. The van der Waals surface area contributed by atoms with Gasteiger partial charge in [-0.05, 0) is 27.3 Å². The van der Waals surface area contributed by atoms with Crippen LogP contribution >= 0.6 is 0 Å². The fraction of sp³-hybridized carbons (Fsp3) is 0.714. The Morgan fingerprint density at radius 1 is 1.62 bits per heavy atom. The molecule has 1 N–H and O–H groups in total. The molecule has 1 heteroatoms. The minimum absolute atomic E-state index is 0.224. The van der Waals surface area contributed by atoms with Gasteiger partial charge in [-0.25, -0.2) is 0 Å². The summed E-state index contributed by atoms with van der Waals surface area (Å²) in [6.07, 6.45) is 2.94. The van der Waals surface area contributed by atoms with Crippen molar-refractivity contribution >= 4 is 0 Å². The maximum atomic E-state index is 3.65. The van der Waals surface area contributed by atoms with Gasteiger partial charge in [-0.2, -0.15) is 0 Å². The molecule has 0 amide bonds. The molecule has 0 aliphatic carbocycles. The molecular formula is C7H15N. The Bertz CT molecular complexity index is 74.5. The summed E-state index contributed by atoms with van der Waals surface area (Å²) in [6, 6.07) is 0. The first-order valence-electron chi connectivity index (χ1n) is 2.92. The first-order valence-corrected chi connectivity index (χ1v) is 2.92. The van der Waals surface area contributed by atoms with Gasteiger partial charge in [0.05, 0.1) is 0 Å². The first kappa shape index (κ1) is 7.70. The van der Waals surface area contributed by atoms with Crippen molar-refractivity contribution in [1.82, 2.24) is 5.32 Å². The Morgan fingerprint density at radius 2 is 2.12 bits per heavy atom. The van der Waals surface area contributed by atoms with Crippen LogP contribution in [0.4, 0.5) is 0 Å². The maximum absolute atomic E-state index is 3.65. The van der Waals surface area contributed by atoms with Crippen LogP contribution in [0, 0.1) is 0 Å². The smallest absolute Gasteiger partial charge is 0.0156 e. The van der Waals surface area contributed by atoms with Crippen molar-refractivity contribution in [1.29, 1.82) is 0 Å². The Kier molecular flexibility index (Phi) is 2.77.